The summed E-state index contributed by atoms with van der Waals surface area (Å²) in [6.45, 7) is 3.92. The van der Waals surface area contributed by atoms with Crippen molar-refractivity contribution in [1.29, 1.82) is 0 Å². The molecule has 14 heavy (non-hydrogen) atoms. The SMILES string of the molecule is CC(=O)Cn1c(C)nc2ccccc21. The molecule has 0 amide bonds. The molecule has 0 aliphatic rings. The van der Waals surface area contributed by atoms with Gasteiger partial charge in [-0.05, 0) is 26.0 Å². The Balaban J connectivity index is 2.62. The third kappa shape index (κ3) is 1.41. The second-order valence-electron chi connectivity index (χ2n) is 3.44. The van der Waals surface area contributed by atoms with E-state index in [1.54, 1.807) is 6.92 Å². The van der Waals surface area contributed by atoms with E-state index in [1.807, 2.05) is 35.8 Å². The lowest BCUT2D eigenvalue weighted by Gasteiger charge is -2.02. The van der Waals surface area contributed by atoms with Crippen molar-refractivity contribution in [3.05, 3.63) is 30.1 Å². The molecule has 0 aliphatic carbocycles. The number of fused-ring (bicyclic) bond motifs is 1. The van der Waals surface area contributed by atoms with Gasteiger partial charge in [-0.15, -0.1) is 0 Å². The molecule has 2 rings (SSSR count). The van der Waals surface area contributed by atoms with Crippen molar-refractivity contribution in [2.45, 2.75) is 20.4 Å². The first-order valence-corrected chi connectivity index (χ1v) is 4.60. The first-order valence-electron chi connectivity index (χ1n) is 4.60. The van der Waals surface area contributed by atoms with Gasteiger partial charge in [0.15, 0.2) is 0 Å². The minimum atomic E-state index is 0.149. The van der Waals surface area contributed by atoms with Gasteiger partial charge in [0.05, 0.1) is 17.6 Å². The van der Waals surface area contributed by atoms with Crippen LogP contribution in [0.4, 0.5) is 0 Å². The van der Waals surface area contributed by atoms with Crippen molar-refractivity contribution < 1.29 is 4.79 Å². The normalized spacial score (nSPS) is 10.7. The predicted octanol–water partition coefficient (Wildman–Crippen LogP) is 1.93. The number of rotatable bonds is 2. The van der Waals surface area contributed by atoms with Crippen molar-refractivity contribution in [3.8, 4) is 0 Å². The molecule has 0 aliphatic heterocycles. The summed E-state index contributed by atoms with van der Waals surface area (Å²) in [5.41, 5.74) is 1.98. The van der Waals surface area contributed by atoms with E-state index in [1.165, 1.54) is 0 Å². The van der Waals surface area contributed by atoms with Crippen molar-refractivity contribution >= 4 is 16.8 Å². The number of hydrogen-bond acceptors (Lipinski definition) is 2. The standard InChI is InChI=1S/C11H12N2O/c1-8(14)7-13-9(2)12-10-5-3-4-6-11(10)13/h3-6H,7H2,1-2H3. The third-order valence-corrected chi connectivity index (χ3v) is 2.23. The molecule has 72 valence electrons. The maximum Gasteiger partial charge on any atom is 0.149 e. The van der Waals surface area contributed by atoms with Crippen LogP contribution in [-0.4, -0.2) is 15.3 Å². The van der Waals surface area contributed by atoms with Crippen molar-refractivity contribution in [1.82, 2.24) is 9.55 Å². The topological polar surface area (TPSA) is 34.9 Å². The van der Waals surface area contributed by atoms with E-state index in [0.29, 0.717) is 6.54 Å². The van der Waals surface area contributed by atoms with E-state index in [9.17, 15) is 4.79 Å². The zero-order valence-electron chi connectivity index (χ0n) is 8.32. The van der Waals surface area contributed by atoms with Gasteiger partial charge in [0.1, 0.15) is 11.6 Å². The van der Waals surface area contributed by atoms with Crippen molar-refractivity contribution in [3.63, 3.8) is 0 Å². The van der Waals surface area contributed by atoms with Gasteiger partial charge in [0.2, 0.25) is 0 Å². The number of Topliss-reactive ketones (excluding diaryl/α,β-unsaturated/α-hetero) is 1. The molecule has 3 nitrogen and oxygen atoms in total. The number of imidazole rings is 1. The molecular weight excluding hydrogens is 176 g/mol. The number of nitrogens with zero attached hydrogens (tertiary/aromatic N) is 2. The Morgan fingerprint density at radius 3 is 2.86 bits per heavy atom. The minimum Gasteiger partial charge on any atom is -0.321 e. The summed E-state index contributed by atoms with van der Waals surface area (Å²) in [6.07, 6.45) is 0. The van der Waals surface area contributed by atoms with Crippen LogP contribution in [0, 0.1) is 6.92 Å². The maximum atomic E-state index is 11.1. The van der Waals surface area contributed by atoms with Crippen LogP contribution in [0.25, 0.3) is 11.0 Å². The Morgan fingerprint density at radius 2 is 2.14 bits per heavy atom. The molecule has 0 saturated heterocycles. The van der Waals surface area contributed by atoms with Crippen LogP contribution < -0.4 is 0 Å². The number of para-hydroxylation sites is 2. The Hall–Kier alpha value is -1.64. The van der Waals surface area contributed by atoms with Gasteiger partial charge in [-0.2, -0.15) is 0 Å². The fourth-order valence-corrected chi connectivity index (χ4v) is 1.62. The monoisotopic (exact) mass is 188 g/mol. The molecule has 0 spiro atoms. The van der Waals surface area contributed by atoms with Crippen molar-refractivity contribution in [2.75, 3.05) is 0 Å². The first-order chi connectivity index (χ1) is 6.68. The lowest BCUT2D eigenvalue weighted by Crippen LogP contribution is -2.07. The van der Waals surface area contributed by atoms with Crippen LogP contribution in [0.2, 0.25) is 0 Å². The zero-order chi connectivity index (χ0) is 10.1. The van der Waals surface area contributed by atoms with E-state index >= 15 is 0 Å². The van der Waals surface area contributed by atoms with E-state index in [-0.39, 0.29) is 5.78 Å². The van der Waals surface area contributed by atoms with Gasteiger partial charge in [-0.25, -0.2) is 4.98 Å². The molecule has 1 aromatic heterocycles. The summed E-state index contributed by atoms with van der Waals surface area (Å²) in [5.74, 6) is 1.04. The highest BCUT2D eigenvalue weighted by Gasteiger charge is 2.07. The van der Waals surface area contributed by atoms with Gasteiger partial charge in [0, 0.05) is 0 Å². The highest BCUT2D eigenvalue weighted by Crippen LogP contribution is 2.14. The second kappa shape index (κ2) is 3.25. The average molecular weight is 188 g/mol. The lowest BCUT2D eigenvalue weighted by molar-refractivity contribution is -0.117. The van der Waals surface area contributed by atoms with E-state index in [0.717, 1.165) is 16.9 Å². The zero-order valence-corrected chi connectivity index (χ0v) is 8.32. The van der Waals surface area contributed by atoms with Crippen LogP contribution in [0.5, 0.6) is 0 Å². The van der Waals surface area contributed by atoms with E-state index in [2.05, 4.69) is 4.98 Å². The molecule has 1 heterocycles. The molecule has 0 saturated carbocycles. The fourth-order valence-electron chi connectivity index (χ4n) is 1.62. The lowest BCUT2D eigenvalue weighted by atomic mass is 10.3. The molecule has 3 heteroatoms. The molecule has 0 radical (unpaired) electrons. The van der Waals surface area contributed by atoms with Crippen LogP contribution in [0.1, 0.15) is 12.7 Å². The number of hydrogen-bond donors (Lipinski definition) is 0. The Bertz CT molecular complexity index is 485. The average Bonchev–Trinajstić information content (AvgIpc) is 2.43. The molecular formula is C11H12N2O. The number of benzene rings is 1. The van der Waals surface area contributed by atoms with Crippen LogP contribution in [0.3, 0.4) is 0 Å². The largest absolute Gasteiger partial charge is 0.321 e. The van der Waals surface area contributed by atoms with Gasteiger partial charge in [-0.3, -0.25) is 4.79 Å². The summed E-state index contributed by atoms with van der Waals surface area (Å²) in [6, 6.07) is 7.85. The first kappa shape index (κ1) is 8.94. The highest BCUT2D eigenvalue weighted by atomic mass is 16.1. The Kier molecular flexibility index (Phi) is 2.08. The van der Waals surface area contributed by atoms with E-state index < -0.39 is 0 Å². The van der Waals surface area contributed by atoms with Gasteiger partial charge in [0.25, 0.3) is 0 Å². The fraction of sp³-hybridized carbons (Fsp3) is 0.273. The molecule has 0 bridgehead atoms. The molecule has 2 aromatic rings. The summed E-state index contributed by atoms with van der Waals surface area (Å²) in [7, 11) is 0. The number of carbonyl (C=O) groups excluding carboxylic acids is 1. The van der Waals surface area contributed by atoms with Crippen molar-refractivity contribution in [2.24, 2.45) is 0 Å². The van der Waals surface area contributed by atoms with Crippen LogP contribution >= 0.6 is 0 Å². The predicted molar refractivity (Wildman–Crippen MR) is 55.2 cm³/mol. The number of aromatic nitrogens is 2. The highest BCUT2D eigenvalue weighted by molar-refractivity contribution is 5.80. The summed E-state index contributed by atoms with van der Waals surface area (Å²) < 4.78 is 1.94. The third-order valence-electron chi connectivity index (χ3n) is 2.23. The van der Waals surface area contributed by atoms with Gasteiger partial charge >= 0.3 is 0 Å². The van der Waals surface area contributed by atoms with Crippen LogP contribution in [-0.2, 0) is 11.3 Å². The number of aryl methyl sites for hydroxylation is 1. The quantitative estimate of drug-likeness (QED) is 0.721. The molecule has 0 unspecified atom stereocenters. The summed E-state index contributed by atoms with van der Waals surface area (Å²) in [5, 5.41) is 0. The number of ketones is 1. The number of carbonyl (C=O) groups is 1. The van der Waals surface area contributed by atoms with Gasteiger partial charge in [-0.1, -0.05) is 12.1 Å². The Labute approximate surface area is 82.4 Å². The van der Waals surface area contributed by atoms with E-state index in [4.69, 9.17) is 0 Å². The second-order valence-corrected chi connectivity index (χ2v) is 3.44. The molecule has 1 aromatic carbocycles. The van der Waals surface area contributed by atoms with Gasteiger partial charge < -0.3 is 4.57 Å². The summed E-state index contributed by atoms with van der Waals surface area (Å²) >= 11 is 0. The molecule has 0 N–H and O–H groups in total. The summed E-state index contributed by atoms with van der Waals surface area (Å²) in [4.78, 5) is 15.4. The Morgan fingerprint density at radius 1 is 1.43 bits per heavy atom. The smallest absolute Gasteiger partial charge is 0.149 e. The minimum absolute atomic E-state index is 0.149. The van der Waals surface area contributed by atoms with Crippen LogP contribution in [0.15, 0.2) is 24.3 Å². The molecule has 0 fully saturated rings. The maximum absolute atomic E-state index is 11.1. The molecule has 0 atom stereocenters.